The number of hydrogen-bond donors (Lipinski definition) is 1. The third kappa shape index (κ3) is 2.89. The van der Waals surface area contributed by atoms with Gasteiger partial charge in [-0.05, 0) is 19.8 Å². The van der Waals surface area contributed by atoms with Crippen molar-refractivity contribution in [1.29, 1.82) is 0 Å². The van der Waals surface area contributed by atoms with E-state index in [2.05, 4.69) is 30.2 Å². The molecule has 1 aliphatic heterocycles. The van der Waals surface area contributed by atoms with Crippen molar-refractivity contribution in [1.82, 2.24) is 34.8 Å². The molecule has 132 valence electrons. The zero-order valence-electron chi connectivity index (χ0n) is 13.3. The van der Waals surface area contributed by atoms with E-state index in [0.717, 1.165) is 18.9 Å². The summed E-state index contributed by atoms with van der Waals surface area (Å²) in [4.78, 5) is 13.6. The maximum atomic E-state index is 13.2. The fourth-order valence-electron chi connectivity index (χ4n) is 3.11. The van der Waals surface area contributed by atoms with Crippen LogP contribution in [0.15, 0.2) is 12.4 Å². The van der Waals surface area contributed by atoms with Crippen molar-refractivity contribution < 1.29 is 13.2 Å². The Balaban J connectivity index is 1.72. The van der Waals surface area contributed by atoms with E-state index in [9.17, 15) is 13.2 Å². The van der Waals surface area contributed by atoms with Crippen LogP contribution >= 0.6 is 0 Å². The molecular formula is C14H15F3N8. The van der Waals surface area contributed by atoms with Crippen LogP contribution in [0.4, 0.5) is 19.0 Å². The lowest BCUT2D eigenvalue weighted by atomic mass is 9.97. The van der Waals surface area contributed by atoms with E-state index in [-0.39, 0.29) is 11.7 Å². The third-order valence-corrected chi connectivity index (χ3v) is 4.25. The fraction of sp³-hybridized carbons (Fsp3) is 0.500. The normalized spacial score (nSPS) is 18.9. The summed E-state index contributed by atoms with van der Waals surface area (Å²) in [5, 5.41) is 11.0. The van der Waals surface area contributed by atoms with Crippen molar-refractivity contribution in [3.8, 4) is 0 Å². The van der Waals surface area contributed by atoms with Gasteiger partial charge in [0.15, 0.2) is 11.5 Å². The third-order valence-electron chi connectivity index (χ3n) is 4.25. The van der Waals surface area contributed by atoms with Crippen LogP contribution in [0.1, 0.15) is 36.1 Å². The zero-order valence-corrected chi connectivity index (χ0v) is 13.3. The van der Waals surface area contributed by atoms with Gasteiger partial charge in [-0.25, -0.2) is 9.97 Å². The number of aryl methyl sites for hydroxylation is 1. The van der Waals surface area contributed by atoms with Crippen LogP contribution in [0.3, 0.4) is 0 Å². The Morgan fingerprint density at radius 2 is 2.12 bits per heavy atom. The minimum absolute atomic E-state index is 0.0415. The standard InChI is InChI=1S/C14H15F3N8/c1-8-20-12(23-22-8)9-3-2-4-24(6-9)11-5-10(14(15,16)17)21-13-18-7-19-25(11)13/h5,7,9H,2-4,6H2,1H3,(H,20,22,23). The molecule has 0 aromatic carbocycles. The molecule has 0 saturated carbocycles. The molecule has 1 N–H and O–H groups in total. The van der Waals surface area contributed by atoms with E-state index in [1.807, 2.05) is 11.8 Å². The van der Waals surface area contributed by atoms with Gasteiger partial charge < -0.3 is 4.90 Å². The number of piperidine rings is 1. The summed E-state index contributed by atoms with van der Waals surface area (Å²) in [7, 11) is 0. The molecule has 1 atom stereocenters. The Morgan fingerprint density at radius 1 is 1.28 bits per heavy atom. The van der Waals surface area contributed by atoms with Crippen molar-refractivity contribution in [3.05, 3.63) is 29.7 Å². The topological polar surface area (TPSA) is 87.9 Å². The lowest BCUT2D eigenvalue weighted by Gasteiger charge is -2.33. The number of halogens is 3. The number of aromatic amines is 1. The number of alkyl halides is 3. The Hall–Kier alpha value is -2.72. The summed E-state index contributed by atoms with van der Waals surface area (Å²) in [6.45, 7) is 2.94. The summed E-state index contributed by atoms with van der Waals surface area (Å²) < 4.78 is 40.8. The van der Waals surface area contributed by atoms with E-state index in [0.29, 0.717) is 30.6 Å². The maximum Gasteiger partial charge on any atom is 0.433 e. The predicted octanol–water partition coefficient (Wildman–Crippen LogP) is 1.95. The highest BCUT2D eigenvalue weighted by atomic mass is 19.4. The van der Waals surface area contributed by atoms with E-state index in [1.54, 1.807) is 0 Å². The quantitative estimate of drug-likeness (QED) is 0.758. The summed E-state index contributed by atoms with van der Waals surface area (Å²) in [5.74, 6) is 1.70. The molecule has 0 spiro atoms. The molecule has 1 aliphatic rings. The first kappa shape index (κ1) is 15.8. The van der Waals surface area contributed by atoms with Crippen LogP contribution < -0.4 is 4.90 Å². The molecule has 8 nitrogen and oxygen atoms in total. The molecule has 3 aromatic heterocycles. The van der Waals surface area contributed by atoms with E-state index < -0.39 is 11.9 Å². The van der Waals surface area contributed by atoms with Crippen molar-refractivity contribution in [2.45, 2.75) is 31.9 Å². The van der Waals surface area contributed by atoms with Crippen molar-refractivity contribution in [3.63, 3.8) is 0 Å². The molecule has 0 bridgehead atoms. The lowest BCUT2D eigenvalue weighted by Crippen LogP contribution is -2.36. The van der Waals surface area contributed by atoms with Crippen LogP contribution in [0.2, 0.25) is 0 Å². The number of H-pyrrole nitrogens is 1. The molecule has 1 fully saturated rings. The highest BCUT2D eigenvalue weighted by Gasteiger charge is 2.35. The summed E-state index contributed by atoms with van der Waals surface area (Å²) in [6.07, 6.45) is -1.64. The first-order valence-corrected chi connectivity index (χ1v) is 7.83. The number of anilines is 1. The minimum Gasteiger partial charge on any atom is -0.356 e. The minimum atomic E-state index is -4.54. The van der Waals surface area contributed by atoms with Gasteiger partial charge in [0.25, 0.3) is 5.78 Å². The molecule has 1 saturated heterocycles. The molecule has 3 aromatic rings. The second kappa shape index (κ2) is 5.67. The number of aromatic nitrogens is 7. The smallest absolute Gasteiger partial charge is 0.356 e. The molecule has 11 heteroatoms. The van der Waals surface area contributed by atoms with Gasteiger partial charge in [-0.15, -0.1) is 0 Å². The van der Waals surface area contributed by atoms with E-state index in [1.165, 1.54) is 10.8 Å². The maximum absolute atomic E-state index is 13.2. The Morgan fingerprint density at radius 3 is 2.84 bits per heavy atom. The van der Waals surface area contributed by atoms with Gasteiger partial charge in [0, 0.05) is 25.1 Å². The molecule has 0 aliphatic carbocycles. The lowest BCUT2D eigenvalue weighted by molar-refractivity contribution is -0.141. The van der Waals surface area contributed by atoms with Crippen molar-refractivity contribution >= 4 is 11.6 Å². The highest BCUT2D eigenvalue weighted by molar-refractivity contribution is 5.48. The van der Waals surface area contributed by atoms with Crippen LogP contribution in [-0.4, -0.2) is 47.9 Å². The molecule has 4 heterocycles. The Labute approximate surface area is 140 Å². The van der Waals surface area contributed by atoms with Crippen LogP contribution in [-0.2, 0) is 6.18 Å². The van der Waals surface area contributed by atoms with E-state index in [4.69, 9.17) is 0 Å². The van der Waals surface area contributed by atoms with Gasteiger partial charge in [-0.3, -0.25) is 5.10 Å². The van der Waals surface area contributed by atoms with Crippen LogP contribution in [0.25, 0.3) is 5.78 Å². The summed E-state index contributed by atoms with van der Waals surface area (Å²) in [5.41, 5.74) is -0.973. The molecule has 1 unspecified atom stereocenters. The number of nitrogens with one attached hydrogen (secondary N) is 1. The fourth-order valence-corrected chi connectivity index (χ4v) is 3.11. The van der Waals surface area contributed by atoms with Gasteiger partial charge in [0.05, 0.1) is 0 Å². The SMILES string of the molecule is Cc1nc(C2CCCN(c3cc(C(F)(F)F)nc4ncnn34)C2)n[nH]1. The van der Waals surface area contributed by atoms with Crippen LogP contribution in [0, 0.1) is 6.92 Å². The Bertz CT molecular complexity index is 899. The summed E-state index contributed by atoms with van der Waals surface area (Å²) in [6, 6.07) is 1.02. The van der Waals surface area contributed by atoms with Gasteiger partial charge in [-0.2, -0.15) is 32.9 Å². The number of fused-ring (bicyclic) bond motifs is 1. The van der Waals surface area contributed by atoms with Crippen molar-refractivity contribution in [2.75, 3.05) is 18.0 Å². The Kier molecular flexibility index (Phi) is 3.58. The molecule has 25 heavy (non-hydrogen) atoms. The average molecular weight is 352 g/mol. The van der Waals surface area contributed by atoms with Gasteiger partial charge in [-0.1, -0.05) is 0 Å². The first-order chi connectivity index (χ1) is 11.9. The largest absolute Gasteiger partial charge is 0.433 e. The second-order valence-electron chi connectivity index (χ2n) is 6.03. The average Bonchev–Trinajstić information content (AvgIpc) is 3.21. The number of rotatable bonds is 2. The predicted molar refractivity (Wildman–Crippen MR) is 81.1 cm³/mol. The van der Waals surface area contributed by atoms with E-state index >= 15 is 0 Å². The van der Waals surface area contributed by atoms with Gasteiger partial charge in [0.2, 0.25) is 0 Å². The monoisotopic (exact) mass is 352 g/mol. The second-order valence-corrected chi connectivity index (χ2v) is 6.03. The first-order valence-electron chi connectivity index (χ1n) is 7.83. The number of nitrogens with zero attached hydrogens (tertiary/aromatic N) is 7. The molecule has 0 radical (unpaired) electrons. The van der Waals surface area contributed by atoms with Crippen LogP contribution in [0.5, 0.6) is 0 Å². The van der Waals surface area contributed by atoms with Gasteiger partial charge in [0.1, 0.15) is 18.0 Å². The zero-order chi connectivity index (χ0) is 17.6. The van der Waals surface area contributed by atoms with Gasteiger partial charge >= 0.3 is 6.18 Å². The summed E-state index contributed by atoms with van der Waals surface area (Å²) >= 11 is 0. The molecule has 4 rings (SSSR count). The van der Waals surface area contributed by atoms with Crippen molar-refractivity contribution in [2.24, 2.45) is 0 Å². The molecular weight excluding hydrogens is 337 g/mol. The molecule has 0 amide bonds. The number of hydrogen-bond acceptors (Lipinski definition) is 6. The highest BCUT2D eigenvalue weighted by Crippen LogP contribution is 2.33.